The number of rotatable bonds is 3. The molecule has 9 heteroatoms. The first-order valence-electron chi connectivity index (χ1n) is 10.9. The fourth-order valence-corrected chi connectivity index (χ4v) is 6.02. The molecule has 2 atom stereocenters. The quantitative estimate of drug-likeness (QED) is 0.479. The van der Waals surface area contributed by atoms with Gasteiger partial charge in [-0.25, -0.2) is 19.3 Å². The van der Waals surface area contributed by atoms with Gasteiger partial charge in [-0.3, -0.25) is 4.79 Å². The zero-order valence-electron chi connectivity index (χ0n) is 17.5. The molecule has 4 aromatic heterocycles. The number of H-pyrrole nitrogens is 1. The van der Waals surface area contributed by atoms with Crippen LogP contribution in [0.4, 0.5) is 4.39 Å². The van der Waals surface area contributed by atoms with Gasteiger partial charge in [-0.15, -0.1) is 0 Å². The van der Waals surface area contributed by atoms with Crippen LogP contribution >= 0.6 is 11.6 Å². The van der Waals surface area contributed by atoms with Crippen molar-refractivity contribution in [3.05, 3.63) is 41.7 Å². The maximum atomic E-state index is 15.0. The summed E-state index contributed by atoms with van der Waals surface area (Å²) in [4.78, 5) is 29.5. The van der Waals surface area contributed by atoms with Crippen molar-refractivity contribution < 1.29 is 9.18 Å². The molecule has 7 rings (SSSR count). The van der Waals surface area contributed by atoms with Gasteiger partial charge in [0, 0.05) is 48.8 Å². The molecule has 2 unspecified atom stereocenters. The first kappa shape index (κ1) is 19.7. The van der Waals surface area contributed by atoms with E-state index in [2.05, 4.69) is 20.3 Å². The van der Waals surface area contributed by atoms with Crippen LogP contribution in [0.5, 0.6) is 0 Å². The van der Waals surface area contributed by atoms with E-state index in [4.69, 9.17) is 16.6 Å². The zero-order valence-corrected chi connectivity index (χ0v) is 18.2. The van der Waals surface area contributed by atoms with E-state index in [9.17, 15) is 9.18 Å². The van der Waals surface area contributed by atoms with E-state index in [1.807, 2.05) is 10.6 Å². The van der Waals surface area contributed by atoms with Gasteiger partial charge in [0.2, 0.25) is 5.91 Å². The summed E-state index contributed by atoms with van der Waals surface area (Å²) in [6, 6.07) is 1.70. The van der Waals surface area contributed by atoms with Gasteiger partial charge in [-0.1, -0.05) is 11.6 Å². The van der Waals surface area contributed by atoms with E-state index in [1.165, 1.54) is 12.4 Å². The minimum absolute atomic E-state index is 0.0262. The van der Waals surface area contributed by atoms with Crippen molar-refractivity contribution >= 4 is 39.6 Å². The Hall–Kier alpha value is -3.00. The van der Waals surface area contributed by atoms with E-state index in [1.54, 1.807) is 19.4 Å². The minimum Gasteiger partial charge on any atom is -0.359 e. The predicted octanol–water partition coefficient (Wildman–Crippen LogP) is 4.49. The van der Waals surface area contributed by atoms with Crippen molar-refractivity contribution in [2.45, 2.75) is 31.7 Å². The SMILES string of the molecule is CNC(=O)C1C2CCC(CC2)C1n1cc(F)c2cnc(-c3c[nH]c4ncc(Cl)cc34)nc21. The van der Waals surface area contributed by atoms with Crippen LogP contribution in [-0.2, 0) is 4.79 Å². The molecule has 3 fully saturated rings. The maximum absolute atomic E-state index is 15.0. The molecule has 1 amide bonds. The Kier molecular flexibility index (Phi) is 4.47. The Labute approximate surface area is 188 Å². The van der Waals surface area contributed by atoms with Gasteiger partial charge in [0.1, 0.15) is 11.3 Å². The molecule has 0 spiro atoms. The number of fused-ring (bicyclic) bond motifs is 5. The molecule has 164 valence electrons. The highest BCUT2D eigenvalue weighted by atomic mass is 35.5. The Bertz CT molecular complexity index is 1360. The Morgan fingerprint density at radius 2 is 1.97 bits per heavy atom. The number of hydrogen-bond donors (Lipinski definition) is 2. The number of halogens is 2. The van der Waals surface area contributed by atoms with Gasteiger partial charge in [0.15, 0.2) is 11.6 Å². The highest BCUT2D eigenvalue weighted by Crippen LogP contribution is 2.52. The average molecular weight is 453 g/mol. The lowest BCUT2D eigenvalue weighted by atomic mass is 9.61. The average Bonchev–Trinajstić information content (AvgIpc) is 3.39. The lowest BCUT2D eigenvalue weighted by molar-refractivity contribution is -0.133. The summed E-state index contributed by atoms with van der Waals surface area (Å²) in [5.74, 6) is 0.577. The summed E-state index contributed by atoms with van der Waals surface area (Å²) in [6.07, 6.45) is 10.6. The lowest BCUT2D eigenvalue weighted by Crippen LogP contribution is -2.48. The summed E-state index contributed by atoms with van der Waals surface area (Å²) >= 11 is 6.15. The number of pyridine rings is 1. The van der Waals surface area contributed by atoms with Crippen LogP contribution in [0, 0.1) is 23.6 Å². The van der Waals surface area contributed by atoms with E-state index in [-0.39, 0.29) is 23.7 Å². The first-order valence-corrected chi connectivity index (χ1v) is 11.3. The third-order valence-corrected chi connectivity index (χ3v) is 7.51. The third kappa shape index (κ3) is 2.85. The molecule has 7 nitrogen and oxygen atoms in total. The fourth-order valence-electron chi connectivity index (χ4n) is 5.86. The smallest absolute Gasteiger partial charge is 0.225 e. The second kappa shape index (κ2) is 7.27. The Balaban J connectivity index is 1.52. The molecule has 0 aliphatic heterocycles. The van der Waals surface area contributed by atoms with Crippen LogP contribution < -0.4 is 5.32 Å². The second-order valence-electron chi connectivity index (χ2n) is 8.87. The topological polar surface area (TPSA) is 88.5 Å². The normalized spacial score (nSPS) is 25.0. The van der Waals surface area contributed by atoms with Gasteiger partial charge < -0.3 is 14.9 Å². The summed E-state index contributed by atoms with van der Waals surface area (Å²) in [5, 5.41) is 4.51. The number of carbonyl (C=O) groups is 1. The van der Waals surface area contributed by atoms with Gasteiger partial charge in [-0.05, 0) is 43.6 Å². The molecule has 0 radical (unpaired) electrons. The van der Waals surface area contributed by atoms with Crippen molar-refractivity contribution in [3.63, 3.8) is 0 Å². The molecular formula is C23H22ClFN6O. The minimum atomic E-state index is -0.368. The van der Waals surface area contributed by atoms with Crippen LogP contribution in [-0.4, -0.2) is 37.5 Å². The molecule has 3 aliphatic carbocycles. The number of nitrogens with one attached hydrogen (secondary N) is 2. The summed E-state index contributed by atoms with van der Waals surface area (Å²) in [6.45, 7) is 0. The Morgan fingerprint density at radius 1 is 1.19 bits per heavy atom. The molecule has 2 N–H and O–H groups in total. The van der Waals surface area contributed by atoms with E-state index < -0.39 is 0 Å². The molecular weight excluding hydrogens is 431 g/mol. The summed E-state index contributed by atoms with van der Waals surface area (Å²) < 4.78 is 16.9. The number of nitrogens with zero attached hydrogens (tertiary/aromatic N) is 4. The second-order valence-corrected chi connectivity index (χ2v) is 9.31. The standard InChI is InChI=1S/C23H22ClFN6O/c1-26-23(32)18-11-2-4-12(5-3-11)19(18)31-10-17(25)16-9-29-21(30-22(16)31)15-8-28-20-14(15)6-13(24)7-27-20/h6-12,18-19H,2-5H2,1H3,(H,26,32)(H,27,28). The van der Waals surface area contributed by atoms with Crippen molar-refractivity contribution in [2.24, 2.45) is 17.8 Å². The van der Waals surface area contributed by atoms with Crippen molar-refractivity contribution in [1.29, 1.82) is 0 Å². The van der Waals surface area contributed by atoms with Gasteiger partial charge in [0.25, 0.3) is 0 Å². The summed E-state index contributed by atoms with van der Waals surface area (Å²) in [7, 11) is 1.67. The number of amides is 1. The van der Waals surface area contributed by atoms with E-state index >= 15 is 0 Å². The van der Waals surface area contributed by atoms with Gasteiger partial charge >= 0.3 is 0 Å². The number of hydrogen-bond acceptors (Lipinski definition) is 4. The van der Waals surface area contributed by atoms with E-state index in [0.717, 1.165) is 36.6 Å². The molecule has 0 saturated heterocycles. The first-order chi connectivity index (χ1) is 15.5. The fraction of sp³-hybridized carbons (Fsp3) is 0.391. The van der Waals surface area contributed by atoms with Gasteiger partial charge in [-0.2, -0.15) is 0 Å². The van der Waals surface area contributed by atoms with Crippen LogP contribution in [0.15, 0.2) is 30.9 Å². The molecule has 4 aromatic rings. The molecule has 0 aromatic carbocycles. The zero-order chi connectivity index (χ0) is 22.0. The predicted molar refractivity (Wildman–Crippen MR) is 120 cm³/mol. The maximum Gasteiger partial charge on any atom is 0.225 e. The van der Waals surface area contributed by atoms with Crippen molar-refractivity contribution in [2.75, 3.05) is 7.05 Å². The van der Waals surface area contributed by atoms with Crippen LogP contribution in [0.2, 0.25) is 5.02 Å². The highest BCUT2D eigenvalue weighted by molar-refractivity contribution is 6.31. The molecule has 3 aliphatic rings. The third-order valence-electron chi connectivity index (χ3n) is 7.31. The van der Waals surface area contributed by atoms with Crippen LogP contribution in [0.1, 0.15) is 31.7 Å². The van der Waals surface area contributed by atoms with Crippen LogP contribution in [0.3, 0.4) is 0 Å². The molecule has 3 saturated carbocycles. The summed E-state index contributed by atoms with van der Waals surface area (Å²) in [5.41, 5.74) is 1.94. The Morgan fingerprint density at radius 3 is 2.75 bits per heavy atom. The van der Waals surface area contributed by atoms with Crippen LogP contribution in [0.25, 0.3) is 33.5 Å². The number of carbonyl (C=O) groups excluding carboxylic acids is 1. The largest absolute Gasteiger partial charge is 0.359 e. The van der Waals surface area contributed by atoms with E-state index in [0.29, 0.717) is 39.4 Å². The number of aromatic nitrogens is 5. The van der Waals surface area contributed by atoms with Crippen molar-refractivity contribution in [3.8, 4) is 11.4 Å². The molecule has 4 heterocycles. The molecule has 2 bridgehead atoms. The number of aromatic amines is 1. The molecule has 32 heavy (non-hydrogen) atoms. The van der Waals surface area contributed by atoms with Gasteiger partial charge in [0.05, 0.1) is 16.3 Å². The monoisotopic (exact) mass is 452 g/mol. The highest BCUT2D eigenvalue weighted by Gasteiger charge is 2.48. The lowest BCUT2D eigenvalue weighted by Gasteiger charge is -2.48. The van der Waals surface area contributed by atoms with Crippen molar-refractivity contribution in [1.82, 2.24) is 29.8 Å².